The Hall–Kier alpha value is -2.19. The van der Waals surface area contributed by atoms with Gasteiger partial charge in [-0.3, -0.25) is 9.05 Å². The van der Waals surface area contributed by atoms with Gasteiger partial charge in [0.25, 0.3) is 0 Å². The summed E-state index contributed by atoms with van der Waals surface area (Å²) in [6.07, 6.45) is 0. The van der Waals surface area contributed by atoms with E-state index in [0.717, 1.165) is 5.75 Å². The zero-order chi connectivity index (χ0) is 21.3. The predicted molar refractivity (Wildman–Crippen MR) is 125 cm³/mol. The van der Waals surface area contributed by atoms with Gasteiger partial charge in [0.05, 0.1) is 13.2 Å². The highest BCUT2D eigenvalue weighted by atomic mass is 31.2. The van der Waals surface area contributed by atoms with Crippen molar-refractivity contribution in [3.63, 3.8) is 0 Å². The summed E-state index contributed by atoms with van der Waals surface area (Å²) in [6, 6.07) is 26.5. The van der Waals surface area contributed by atoms with Gasteiger partial charge in [-0.1, -0.05) is 94.4 Å². The van der Waals surface area contributed by atoms with Crippen molar-refractivity contribution in [1.29, 1.82) is 0 Å². The third kappa shape index (κ3) is 6.40. The normalized spacial score (nSPS) is 11.4. The Labute approximate surface area is 182 Å². The number of para-hydroxylation sites is 1. The number of hydrogen-bond donors (Lipinski definition) is 0. The highest BCUT2D eigenvalue weighted by Gasteiger charge is 2.18. The van der Waals surface area contributed by atoms with Crippen LogP contribution in [0.15, 0.2) is 78.9 Å². The van der Waals surface area contributed by atoms with E-state index in [-0.39, 0.29) is 0 Å². The molecule has 3 nitrogen and oxygen atoms in total. The molecule has 0 aliphatic heterocycles. The first-order chi connectivity index (χ1) is 14.5. The van der Waals surface area contributed by atoms with Gasteiger partial charge >= 0.3 is 8.60 Å². The lowest BCUT2D eigenvalue weighted by atomic mass is 9.98. The van der Waals surface area contributed by atoms with Crippen molar-refractivity contribution < 1.29 is 13.6 Å². The molecule has 158 valence electrons. The van der Waals surface area contributed by atoms with Gasteiger partial charge in [0.15, 0.2) is 0 Å². The number of benzene rings is 3. The fourth-order valence-electron chi connectivity index (χ4n) is 3.36. The Morgan fingerprint density at radius 1 is 0.600 bits per heavy atom. The molecule has 0 fully saturated rings. The van der Waals surface area contributed by atoms with E-state index in [1.54, 1.807) is 0 Å². The predicted octanol–water partition coefficient (Wildman–Crippen LogP) is 7.97. The van der Waals surface area contributed by atoms with Crippen LogP contribution in [0.3, 0.4) is 0 Å². The molecule has 0 aliphatic rings. The van der Waals surface area contributed by atoms with E-state index < -0.39 is 8.60 Å². The maximum absolute atomic E-state index is 6.17. The SMILES string of the molecule is CC(C)c1ccccc1COP(OCc1ccccc1C(C)C)Oc1ccccc1. The van der Waals surface area contributed by atoms with Crippen LogP contribution in [-0.4, -0.2) is 0 Å². The van der Waals surface area contributed by atoms with Crippen LogP contribution in [0.2, 0.25) is 0 Å². The van der Waals surface area contributed by atoms with Crippen LogP contribution in [-0.2, 0) is 22.3 Å². The maximum Gasteiger partial charge on any atom is 0.397 e. The van der Waals surface area contributed by atoms with Gasteiger partial charge in [-0.25, -0.2) is 0 Å². The zero-order valence-corrected chi connectivity index (χ0v) is 19.1. The first kappa shape index (κ1) is 22.5. The quantitative estimate of drug-likeness (QED) is 0.310. The highest BCUT2D eigenvalue weighted by molar-refractivity contribution is 7.42. The highest BCUT2D eigenvalue weighted by Crippen LogP contribution is 2.43. The molecule has 30 heavy (non-hydrogen) atoms. The summed E-state index contributed by atoms with van der Waals surface area (Å²) in [6.45, 7) is 9.70. The number of hydrogen-bond acceptors (Lipinski definition) is 3. The molecule has 0 saturated heterocycles. The van der Waals surface area contributed by atoms with Gasteiger partial charge in [0.1, 0.15) is 5.75 Å². The topological polar surface area (TPSA) is 27.7 Å². The summed E-state index contributed by atoms with van der Waals surface area (Å²) in [5, 5.41) is 0. The van der Waals surface area contributed by atoms with E-state index in [0.29, 0.717) is 25.0 Å². The summed E-state index contributed by atoms with van der Waals surface area (Å²) in [4.78, 5) is 0. The van der Waals surface area contributed by atoms with E-state index >= 15 is 0 Å². The van der Waals surface area contributed by atoms with Crippen LogP contribution in [0, 0.1) is 0 Å². The molecule has 0 aromatic heterocycles. The smallest absolute Gasteiger partial charge is 0.397 e. The summed E-state index contributed by atoms with van der Waals surface area (Å²) < 4.78 is 18.4. The minimum atomic E-state index is -1.55. The van der Waals surface area contributed by atoms with Crippen molar-refractivity contribution in [3.8, 4) is 5.75 Å². The van der Waals surface area contributed by atoms with Crippen LogP contribution < -0.4 is 4.52 Å². The fourth-order valence-corrected chi connectivity index (χ4v) is 4.32. The van der Waals surface area contributed by atoms with Crippen molar-refractivity contribution in [2.24, 2.45) is 0 Å². The Balaban J connectivity index is 1.73. The second-order valence-electron chi connectivity index (χ2n) is 7.88. The van der Waals surface area contributed by atoms with Crippen molar-refractivity contribution >= 4 is 8.60 Å². The van der Waals surface area contributed by atoms with Gasteiger partial charge < -0.3 is 4.52 Å². The lowest BCUT2D eigenvalue weighted by molar-refractivity contribution is 0.191. The molecule has 0 atom stereocenters. The van der Waals surface area contributed by atoms with E-state index in [1.165, 1.54) is 22.3 Å². The average molecular weight is 423 g/mol. The fraction of sp³-hybridized carbons (Fsp3) is 0.308. The van der Waals surface area contributed by atoms with E-state index in [1.807, 2.05) is 42.5 Å². The molecule has 0 heterocycles. The molecule has 0 N–H and O–H groups in total. The molecule has 0 amide bonds. The third-order valence-corrected chi connectivity index (χ3v) is 5.97. The average Bonchev–Trinajstić information content (AvgIpc) is 2.76. The molecule has 3 aromatic carbocycles. The van der Waals surface area contributed by atoms with Gasteiger partial charge in [0.2, 0.25) is 0 Å². The lowest BCUT2D eigenvalue weighted by Gasteiger charge is -2.20. The zero-order valence-electron chi connectivity index (χ0n) is 18.2. The molecule has 0 bridgehead atoms. The van der Waals surface area contributed by atoms with E-state index in [9.17, 15) is 0 Å². The molecule has 0 spiro atoms. The summed E-state index contributed by atoms with van der Waals surface area (Å²) >= 11 is 0. The van der Waals surface area contributed by atoms with Gasteiger partial charge in [-0.05, 0) is 46.2 Å². The first-order valence-electron chi connectivity index (χ1n) is 10.5. The number of rotatable bonds is 10. The molecule has 3 aromatic rings. The third-order valence-electron chi connectivity index (χ3n) is 4.93. The van der Waals surface area contributed by atoms with Gasteiger partial charge in [0, 0.05) is 0 Å². The molecule has 3 rings (SSSR count). The van der Waals surface area contributed by atoms with Crippen molar-refractivity contribution in [1.82, 2.24) is 0 Å². The maximum atomic E-state index is 6.17. The largest absolute Gasteiger partial charge is 0.427 e. The molecule has 4 heteroatoms. The van der Waals surface area contributed by atoms with E-state index in [2.05, 4.69) is 64.1 Å². The van der Waals surface area contributed by atoms with Crippen LogP contribution in [0.4, 0.5) is 0 Å². The molecular formula is C26H31O3P. The molecule has 0 unspecified atom stereocenters. The summed E-state index contributed by atoms with van der Waals surface area (Å²) in [7, 11) is -1.55. The molecule has 0 saturated carbocycles. The lowest BCUT2D eigenvalue weighted by Crippen LogP contribution is -2.03. The Morgan fingerprint density at radius 2 is 1.03 bits per heavy atom. The van der Waals surface area contributed by atoms with Gasteiger partial charge in [-0.2, -0.15) is 0 Å². The first-order valence-corrected chi connectivity index (χ1v) is 11.6. The van der Waals surface area contributed by atoms with Crippen molar-refractivity contribution in [2.75, 3.05) is 0 Å². The van der Waals surface area contributed by atoms with Crippen LogP contribution in [0.25, 0.3) is 0 Å². The minimum Gasteiger partial charge on any atom is -0.427 e. The Morgan fingerprint density at radius 3 is 1.50 bits per heavy atom. The van der Waals surface area contributed by atoms with Crippen LogP contribution in [0.5, 0.6) is 5.75 Å². The molecular weight excluding hydrogens is 391 g/mol. The van der Waals surface area contributed by atoms with Crippen LogP contribution >= 0.6 is 8.60 Å². The minimum absolute atomic E-state index is 0.435. The second kappa shape index (κ2) is 11.3. The van der Waals surface area contributed by atoms with Crippen molar-refractivity contribution in [2.45, 2.75) is 52.7 Å². The standard InChI is InChI=1S/C26H31O3P/c1-20(2)25-16-10-8-12-22(25)18-27-30(29-24-14-6-5-7-15-24)28-19-23-13-9-11-17-26(23)21(3)4/h5-17,20-21H,18-19H2,1-4H3. The summed E-state index contributed by atoms with van der Waals surface area (Å²) in [5.74, 6) is 1.62. The van der Waals surface area contributed by atoms with Crippen LogP contribution in [0.1, 0.15) is 61.8 Å². The van der Waals surface area contributed by atoms with Crippen molar-refractivity contribution in [3.05, 3.63) is 101 Å². The Kier molecular flexibility index (Phi) is 8.45. The molecule has 0 radical (unpaired) electrons. The van der Waals surface area contributed by atoms with Gasteiger partial charge in [-0.15, -0.1) is 0 Å². The second-order valence-corrected chi connectivity index (χ2v) is 9.03. The monoisotopic (exact) mass is 422 g/mol. The Bertz CT molecular complexity index is 853. The summed E-state index contributed by atoms with van der Waals surface area (Å²) in [5.41, 5.74) is 4.92. The van der Waals surface area contributed by atoms with E-state index in [4.69, 9.17) is 13.6 Å². The molecule has 0 aliphatic carbocycles.